The maximum atomic E-state index is 11.0. The van der Waals surface area contributed by atoms with Gasteiger partial charge < -0.3 is 0 Å². The summed E-state index contributed by atoms with van der Waals surface area (Å²) in [5, 5.41) is 0. The second-order valence-corrected chi connectivity index (χ2v) is 2.08. The molecule has 0 fully saturated rings. The lowest BCUT2D eigenvalue weighted by Gasteiger charge is -2.04. The van der Waals surface area contributed by atoms with E-state index in [1.807, 2.05) is 0 Å². The van der Waals surface area contributed by atoms with Gasteiger partial charge in [-0.15, -0.1) is 4.90 Å². The lowest BCUT2D eigenvalue weighted by Crippen LogP contribution is -3.18. The van der Waals surface area contributed by atoms with Gasteiger partial charge in [0.1, 0.15) is 0 Å². The molecular formula is C9H10NO3+. The Balaban J connectivity index is 4.95. The summed E-state index contributed by atoms with van der Waals surface area (Å²) in [4.78, 5) is 32.6. The molecule has 0 aromatic carbocycles. The van der Waals surface area contributed by atoms with Crippen LogP contribution in [0.25, 0.3) is 0 Å². The molecule has 4 heteroatoms. The molecule has 0 saturated heterocycles. The highest BCUT2D eigenvalue weighted by Crippen LogP contribution is 1.68. The molecule has 0 rings (SSSR count). The van der Waals surface area contributed by atoms with Crippen LogP contribution in [0.3, 0.4) is 0 Å². The summed E-state index contributed by atoms with van der Waals surface area (Å²) in [5.41, 5.74) is 0. The fraction of sp³-hybridized carbons (Fsp3) is 0. The summed E-state index contributed by atoms with van der Waals surface area (Å²) in [5.74, 6) is -2.14. The number of amides is 3. The summed E-state index contributed by atoms with van der Waals surface area (Å²) in [7, 11) is 0. The zero-order valence-corrected chi connectivity index (χ0v) is 7.08. The lowest BCUT2D eigenvalue weighted by molar-refractivity contribution is -0.646. The second kappa shape index (κ2) is 4.95. The molecule has 0 spiro atoms. The molecule has 68 valence electrons. The van der Waals surface area contributed by atoms with E-state index >= 15 is 0 Å². The fourth-order valence-electron chi connectivity index (χ4n) is 0.670. The minimum absolute atomic E-state index is 0.472. The van der Waals surface area contributed by atoms with Crippen molar-refractivity contribution in [3.05, 3.63) is 38.0 Å². The van der Waals surface area contributed by atoms with E-state index in [2.05, 4.69) is 19.7 Å². The van der Waals surface area contributed by atoms with Crippen molar-refractivity contribution in [2.75, 3.05) is 0 Å². The average Bonchev–Trinajstić information content (AvgIpc) is 2.16. The monoisotopic (exact) mass is 180 g/mol. The normalized spacial score (nSPS) is 9.00. The zero-order chi connectivity index (χ0) is 10.4. The van der Waals surface area contributed by atoms with Gasteiger partial charge in [0, 0.05) is 18.2 Å². The Bertz CT molecular complexity index is 244. The highest BCUT2D eigenvalue weighted by Gasteiger charge is 2.29. The maximum Gasteiger partial charge on any atom is 0.351 e. The third-order valence-corrected chi connectivity index (χ3v) is 1.30. The number of nitrogens with one attached hydrogen (secondary N) is 1. The number of imide groups is 3. The third kappa shape index (κ3) is 2.61. The third-order valence-electron chi connectivity index (χ3n) is 1.30. The largest absolute Gasteiger partial charge is 0.351 e. The minimum Gasteiger partial charge on any atom is -0.225 e. The van der Waals surface area contributed by atoms with Gasteiger partial charge in [0.2, 0.25) is 0 Å². The Hall–Kier alpha value is -1.81. The van der Waals surface area contributed by atoms with E-state index in [-0.39, 0.29) is 0 Å². The molecule has 4 nitrogen and oxygen atoms in total. The predicted molar refractivity (Wildman–Crippen MR) is 46.6 cm³/mol. The van der Waals surface area contributed by atoms with E-state index < -0.39 is 22.6 Å². The van der Waals surface area contributed by atoms with E-state index in [1.54, 1.807) is 0 Å². The van der Waals surface area contributed by atoms with Crippen molar-refractivity contribution >= 4 is 17.7 Å². The molecule has 0 heterocycles. The van der Waals surface area contributed by atoms with Gasteiger partial charge in [-0.3, -0.25) is 0 Å². The molecule has 0 unspecified atom stereocenters. The Morgan fingerprint density at radius 3 is 1.15 bits per heavy atom. The summed E-state index contributed by atoms with van der Waals surface area (Å²) < 4.78 is 0. The highest BCUT2D eigenvalue weighted by atomic mass is 16.2. The number of carbonyl (C=O) groups is 3. The van der Waals surface area contributed by atoms with Gasteiger partial charge in [-0.1, -0.05) is 19.7 Å². The van der Waals surface area contributed by atoms with Crippen LogP contribution in [0, 0.1) is 0 Å². The molecule has 0 atom stereocenters. The molecule has 0 aromatic heterocycles. The van der Waals surface area contributed by atoms with Crippen LogP contribution in [0.5, 0.6) is 0 Å². The molecule has 0 bridgehead atoms. The first-order valence-corrected chi connectivity index (χ1v) is 3.45. The molecule has 0 aromatic rings. The molecule has 0 aliphatic carbocycles. The summed E-state index contributed by atoms with van der Waals surface area (Å²) in [6, 6.07) is 0. The fourth-order valence-corrected chi connectivity index (χ4v) is 0.670. The second-order valence-electron chi connectivity index (χ2n) is 2.08. The maximum absolute atomic E-state index is 11.0. The van der Waals surface area contributed by atoms with Gasteiger partial charge in [-0.2, -0.15) is 0 Å². The molecule has 0 aliphatic rings. The Morgan fingerprint density at radius 1 is 0.769 bits per heavy atom. The van der Waals surface area contributed by atoms with Gasteiger partial charge >= 0.3 is 17.7 Å². The minimum atomic E-state index is -0.713. The highest BCUT2D eigenvalue weighted by molar-refractivity contribution is 6.03. The lowest BCUT2D eigenvalue weighted by atomic mass is 10.4. The van der Waals surface area contributed by atoms with Crippen LogP contribution in [0.2, 0.25) is 0 Å². The Morgan fingerprint density at radius 2 is 1.00 bits per heavy atom. The molecule has 0 aliphatic heterocycles. The average molecular weight is 180 g/mol. The molecule has 1 N–H and O–H groups in total. The van der Waals surface area contributed by atoms with Gasteiger partial charge in [0.05, 0.1) is 0 Å². The zero-order valence-electron chi connectivity index (χ0n) is 7.08. The number of carbonyl (C=O) groups excluding carboxylic acids is 3. The van der Waals surface area contributed by atoms with Gasteiger partial charge in [0.15, 0.2) is 0 Å². The number of hydrogen-bond acceptors (Lipinski definition) is 3. The first-order valence-electron chi connectivity index (χ1n) is 3.45. The summed E-state index contributed by atoms with van der Waals surface area (Å²) in [6.07, 6.45) is 2.70. The topological polar surface area (TPSA) is 55.6 Å². The molecule has 0 radical (unpaired) electrons. The van der Waals surface area contributed by atoms with E-state index in [1.165, 1.54) is 0 Å². The van der Waals surface area contributed by atoms with Crippen molar-refractivity contribution in [1.82, 2.24) is 0 Å². The van der Waals surface area contributed by atoms with Crippen LogP contribution >= 0.6 is 0 Å². The van der Waals surface area contributed by atoms with Crippen LogP contribution in [-0.2, 0) is 14.4 Å². The quantitative estimate of drug-likeness (QED) is 0.567. The SMILES string of the molecule is C=CC(=O)[NH+](C(=O)C=C)C(=O)C=C. The predicted octanol–water partition coefficient (Wildman–Crippen LogP) is -0.991. The van der Waals surface area contributed by atoms with Crippen LogP contribution in [-0.4, -0.2) is 17.7 Å². The smallest absolute Gasteiger partial charge is 0.225 e. The molecule has 13 heavy (non-hydrogen) atoms. The van der Waals surface area contributed by atoms with Gasteiger partial charge in [-0.25, -0.2) is 14.4 Å². The number of quaternary nitrogens is 1. The van der Waals surface area contributed by atoms with Crippen molar-refractivity contribution in [1.29, 1.82) is 0 Å². The van der Waals surface area contributed by atoms with E-state index in [4.69, 9.17) is 0 Å². The number of rotatable bonds is 3. The van der Waals surface area contributed by atoms with Crippen LogP contribution in [0.1, 0.15) is 0 Å². The van der Waals surface area contributed by atoms with E-state index in [0.717, 1.165) is 18.2 Å². The van der Waals surface area contributed by atoms with Crippen molar-refractivity contribution in [3.63, 3.8) is 0 Å². The van der Waals surface area contributed by atoms with Crippen LogP contribution in [0.4, 0.5) is 0 Å². The summed E-state index contributed by atoms with van der Waals surface area (Å²) in [6.45, 7) is 9.51. The van der Waals surface area contributed by atoms with Gasteiger partial charge in [0.25, 0.3) is 0 Å². The number of hydrogen-bond donors (Lipinski definition) is 1. The van der Waals surface area contributed by atoms with Crippen LogP contribution < -0.4 is 4.90 Å². The molecule has 0 saturated carbocycles. The first kappa shape index (κ1) is 11.2. The van der Waals surface area contributed by atoms with Crippen molar-refractivity contribution in [2.24, 2.45) is 0 Å². The van der Waals surface area contributed by atoms with Crippen molar-refractivity contribution in [2.45, 2.75) is 0 Å². The van der Waals surface area contributed by atoms with Gasteiger partial charge in [-0.05, 0) is 0 Å². The Kier molecular flexibility index (Phi) is 4.26. The van der Waals surface area contributed by atoms with Crippen molar-refractivity contribution < 1.29 is 19.3 Å². The van der Waals surface area contributed by atoms with Crippen molar-refractivity contribution in [3.8, 4) is 0 Å². The first-order chi connectivity index (χ1) is 6.08. The van der Waals surface area contributed by atoms with Crippen LogP contribution in [0.15, 0.2) is 38.0 Å². The van der Waals surface area contributed by atoms with E-state index in [0.29, 0.717) is 0 Å². The molecule has 3 amide bonds. The Labute approximate surface area is 75.8 Å². The van der Waals surface area contributed by atoms with E-state index in [9.17, 15) is 14.4 Å². The summed E-state index contributed by atoms with van der Waals surface area (Å²) >= 11 is 0. The molecular weight excluding hydrogens is 170 g/mol. The standard InChI is InChI=1S/C9H9NO3/c1-4-7(11)10(8(12)5-2)9(13)6-3/h4-6H,1-3H2/p+1.